The van der Waals surface area contributed by atoms with E-state index in [1.54, 1.807) is 0 Å². The molecule has 122 valence electrons. The van der Waals surface area contributed by atoms with Gasteiger partial charge in [-0.05, 0) is 43.6 Å². The molecule has 4 rings (SSSR count). The van der Waals surface area contributed by atoms with Crippen LogP contribution in [0.25, 0.3) is 11.1 Å². The van der Waals surface area contributed by atoms with Crippen LogP contribution in [-0.4, -0.2) is 9.55 Å². The molecule has 0 aromatic carbocycles. The lowest BCUT2D eigenvalue weighted by Gasteiger charge is -2.26. The van der Waals surface area contributed by atoms with E-state index in [-0.39, 0.29) is 17.3 Å². The van der Waals surface area contributed by atoms with Crippen LogP contribution >= 0.6 is 0 Å². The van der Waals surface area contributed by atoms with Gasteiger partial charge in [-0.15, -0.1) is 0 Å². The van der Waals surface area contributed by atoms with Crippen molar-refractivity contribution in [3.63, 3.8) is 0 Å². The molecule has 0 bridgehead atoms. The third-order valence-corrected chi connectivity index (χ3v) is 5.11. The van der Waals surface area contributed by atoms with Crippen molar-refractivity contribution in [2.24, 2.45) is 5.92 Å². The molecule has 0 spiro atoms. The molecule has 0 unspecified atom stereocenters. The minimum atomic E-state index is -0.518. The topological polar surface area (TPSA) is 85.1 Å². The van der Waals surface area contributed by atoms with Crippen LogP contribution < -0.4 is 16.9 Å². The standard InChI is InChI=1S/C17H20N2O4/c20-13-9-11(4-1-3-10-7-8-10)14-15(23-13)18-17(22)19(16(14)21)12-5-2-6-12/h9-10,12H,1-8H2,(H,18,22). The molecular weight excluding hydrogens is 296 g/mol. The maximum atomic E-state index is 12.8. The molecule has 2 fully saturated rings. The molecule has 6 heteroatoms. The van der Waals surface area contributed by atoms with Gasteiger partial charge in [-0.25, -0.2) is 9.59 Å². The predicted octanol–water partition coefficient (Wildman–Crippen LogP) is 2.10. The monoisotopic (exact) mass is 316 g/mol. The zero-order chi connectivity index (χ0) is 16.0. The van der Waals surface area contributed by atoms with Gasteiger partial charge in [0.05, 0.1) is 0 Å². The second kappa shape index (κ2) is 5.51. The Hall–Kier alpha value is -2.11. The van der Waals surface area contributed by atoms with Crippen LogP contribution in [0.5, 0.6) is 0 Å². The van der Waals surface area contributed by atoms with Crippen molar-refractivity contribution in [2.75, 3.05) is 0 Å². The second-order valence-electron chi connectivity index (χ2n) is 6.82. The average molecular weight is 316 g/mol. The van der Waals surface area contributed by atoms with Crippen molar-refractivity contribution in [1.82, 2.24) is 9.55 Å². The van der Waals surface area contributed by atoms with E-state index in [0.29, 0.717) is 17.4 Å². The third-order valence-electron chi connectivity index (χ3n) is 5.11. The average Bonchev–Trinajstić information content (AvgIpc) is 3.24. The second-order valence-corrected chi connectivity index (χ2v) is 6.82. The van der Waals surface area contributed by atoms with E-state index in [1.807, 2.05) is 0 Å². The first kappa shape index (κ1) is 14.5. The van der Waals surface area contributed by atoms with Crippen LogP contribution in [0.2, 0.25) is 0 Å². The summed E-state index contributed by atoms with van der Waals surface area (Å²) < 4.78 is 6.37. The fraction of sp³-hybridized carbons (Fsp3) is 0.588. The summed E-state index contributed by atoms with van der Waals surface area (Å²) in [5.74, 6) is 0.813. The Morgan fingerprint density at radius 3 is 2.61 bits per heavy atom. The Bertz CT molecular complexity index is 913. The molecule has 23 heavy (non-hydrogen) atoms. The van der Waals surface area contributed by atoms with Crippen molar-refractivity contribution in [1.29, 1.82) is 0 Å². The van der Waals surface area contributed by atoms with Gasteiger partial charge in [-0.1, -0.05) is 19.3 Å². The summed E-state index contributed by atoms with van der Waals surface area (Å²) in [7, 11) is 0. The number of fused-ring (bicyclic) bond motifs is 1. The van der Waals surface area contributed by atoms with E-state index in [9.17, 15) is 14.4 Å². The molecule has 0 atom stereocenters. The smallest absolute Gasteiger partial charge is 0.337 e. The molecule has 0 saturated heterocycles. The molecule has 2 aliphatic carbocycles. The van der Waals surface area contributed by atoms with Crippen LogP contribution in [0.15, 0.2) is 24.9 Å². The number of hydrogen-bond acceptors (Lipinski definition) is 4. The van der Waals surface area contributed by atoms with Gasteiger partial charge in [0.2, 0.25) is 5.71 Å². The van der Waals surface area contributed by atoms with Crippen molar-refractivity contribution < 1.29 is 4.42 Å². The lowest BCUT2D eigenvalue weighted by molar-refractivity contribution is 0.297. The van der Waals surface area contributed by atoms with Crippen LogP contribution in [0.1, 0.15) is 56.6 Å². The molecule has 2 saturated carbocycles. The summed E-state index contributed by atoms with van der Waals surface area (Å²) >= 11 is 0. The zero-order valence-electron chi connectivity index (χ0n) is 13.0. The van der Waals surface area contributed by atoms with Crippen LogP contribution in [0, 0.1) is 5.92 Å². The number of aromatic nitrogens is 2. The first-order chi connectivity index (χ1) is 11.1. The minimum Gasteiger partial charge on any atom is -0.405 e. The van der Waals surface area contributed by atoms with Gasteiger partial charge in [-0.3, -0.25) is 14.3 Å². The van der Waals surface area contributed by atoms with Gasteiger partial charge in [0.1, 0.15) is 5.39 Å². The Morgan fingerprint density at radius 2 is 1.96 bits per heavy atom. The Kier molecular flexibility index (Phi) is 3.47. The van der Waals surface area contributed by atoms with Gasteiger partial charge in [0.25, 0.3) is 5.56 Å². The van der Waals surface area contributed by atoms with Crippen molar-refractivity contribution in [3.05, 3.63) is 42.9 Å². The van der Waals surface area contributed by atoms with Gasteiger partial charge in [-0.2, -0.15) is 0 Å². The minimum absolute atomic E-state index is 0.0181. The maximum Gasteiger partial charge on any atom is 0.337 e. The number of aryl methyl sites for hydroxylation is 1. The SMILES string of the molecule is O=c1cc(CCCC2CC2)c2c(=O)n(C3CCC3)c(=O)[nH]c2o1. The summed E-state index contributed by atoms with van der Waals surface area (Å²) in [6.45, 7) is 0. The highest BCUT2D eigenvalue weighted by molar-refractivity contribution is 5.75. The number of hydrogen-bond donors (Lipinski definition) is 1. The van der Waals surface area contributed by atoms with E-state index >= 15 is 0 Å². The maximum absolute atomic E-state index is 12.8. The summed E-state index contributed by atoms with van der Waals surface area (Å²) in [6, 6.07) is 1.38. The van der Waals surface area contributed by atoms with E-state index in [2.05, 4.69) is 4.98 Å². The zero-order valence-corrected chi connectivity index (χ0v) is 13.0. The molecule has 2 aromatic heterocycles. The lowest BCUT2D eigenvalue weighted by atomic mass is 9.93. The van der Waals surface area contributed by atoms with Crippen LogP contribution in [0.4, 0.5) is 0 Å². The Balaban J connectivity index is 1.81. The summed E-state index contributed by atoms with van der Waals surface area (Å²) in [4.78, 5) is 39.3. The molecule has 2 aliphatic rings. The summed E-state index contributed by atoms with van der Waals surface area (Å²) in [6.07, 6.45) is 8.06. The highest BCUT2D eigenvalue weighted by Gasteiger charge is 2.25. The quantitative estimate of drug-likeness (QED) is 0.915. The fourth-order valence-corrected chi connectivity index (χ4v) is 3.40. The first-order valence-electron chi connectivity index (χ1n) is 8.45. The summed E-state index contributed by atoms with van der Waals surface area (Å²) in [5, 5.41) is 0.367. The molecule has 6 nitrogen and oxygen atoms in total. The van der Waals surface area contributed by atoms with Crippen molar-refractivity contribution in [3.8, 4) is 0 Å². The number of aromatic amines is 1. The highest BCUT2D eigenvalue weighted by Crippen LogP contribution is 2.34. The van der Waals surface area contributed by atoms with E-state index in [1.165, 1.54) is 23.5 Å². The lowest BCUT2D eigenvalue weighted by Crippen LogP contribution is -2.41. The molecule has 0 aliphatic heterocycles. The van der Waals surface area contributed by atoms with Gasteiger partial charge >= 0.3 is 11.3 Å². The number of nitrogens with zero attached hydrogens (tertiary/aromatic N) is 1. The van der Waals surface area contributed by atoms with Crippen molar-refractivity contribution in [2.45, 2.75) is 57.4 Å². The summed E-state index contributed by atoms with van der Waals surface area (Å²) in [5.41, 5.74) is -0.602. The predicted molar refractivity (Wildman–Crippen MR) is 85.9 cm³/mol. The van der Waals surface area contributed by atoms with E-state index in [4.69, 9.17) is 4.42 Å². The molecular formula is C17H20N2O4. The van der Waals surface area contributed by atoms with Crippen molar-refractivity contribution >= 4 is 11.1 Å². The molecule has 2 aromatic rings. The molecule has 1 N–H and O–H groups in total. The van der Waals surface area contributed by atoms with Crippen LogP contribution in [-0.2, 0) is 6.42 Å². The van der Waals surface area contributed by atoms with E-state index < -0.39 is 11.3 Å². The molecule has 0 radical (unpaired) electrons. The highest BCUT2D eigenvalue weighted by atomic mass is 16.4. The molecule has 0 amide bonds. The number of nitrogens with one attached hydrogen (secondary N) is 1. The van der Waals surface area contributed by atoms with E-state index in [0.717, 1.165) is 38.0 Å². The Labute approximate surface area is 132 Å². The number of rotatable bonds is 5. The normalized spacial score (nSPS) is 18.3. The van der Waals surface area contributed by atoms with Gasteiger partial charge in [0.15, 0.2) is 0 Å². The first-order valence-corrected chi connectivity index (χ1v) is 8.45. The van der Waals surface area contributed by atoms with Gasteiger partial charge in [0, 0.05) is 12.1 Å². The van der Waals surface area contributed by atoms with Gasteiger partial charge < -0.3 is 4.42 Å². The number of H-pyrrole nitrogens is 1. The Morgan fingerprint density at radius 1 is 1.17 bits per heavy atom. The largest absolute Gasteiger partial charge is 0.405 e. The van der Waals surface area contributed by atoms with Crippen LogP contribution in [0.3, 0.4) is 0 Å². The molecule has 2 heterocycles. The third kappa shape index (κ3) is 2.66. The fourth-order valence-electron chi connectivity index (χ4n) is 3.40.